The van der Waals surface area contributed by atoms with E-state index >= 15 is 0 Å². The average Bonchev–Trinajstić information content (AvgIpc) is 3.12. The van der Waals surface area contributed by atoms with E-state index in [1.807, 2.05) is 67.6 Å². The normalized spacial score (nSPS) is 19.6. The van der Waals surface area contributed by atoms with Gasteiger partial charge < -0.3 is 29.5 Å². The van der Waals surface area contributed by atoms with Crippen molar-refractivity contribution in [3.05, 3.63) is 83.9 Å². The first-order valence-electron chi connectivity index (χ1n) is 16.6. The van der Waals surface area contributed by atoms with E-state index in [0.29, 0.717) is 62.8 Å². The smallest absolute Gasteiger partial charge is 0.227 e. The Morgan fingerprint density at radius 1 is 1.06 bits per heavy atom. The number of nitrogens with one attached hydrogen (secondary N) is 1. The van der Waals surface area contributed by atoms with Crippen molar-refractivity contribution in [3.8, 4) is 17.2 Å². The van der Waals surface area contributed by atoms with Gasteiger partial charge in [0.05, 0.1) is 32.3 Å². The molecule has 2 heterocycles. The number of ether oxygens (including phenoxy) is 3. The minimum absolute atomic E-state index is 0.0115. The second-order valence-electron chi connectivity index (χ2n) is 12.7. The van der Waals surface area contributed by atoms with E-state index in [9.17, 15) is 14.7 Å². The second kappa shape index (κ2) is 16.7. The van der Waals surface area contributed by atoms with Crippen LogP contribution >= 0.6 is 0 Å². The fourth-order valence-corrected chi connectivity index (χ4v) is 6.00. The highest BCUT2D eigenvalue weighted by atomic mass is 16.5. The summed E-state index contributed by atoms with van der Waals surface area (Å²) in [5.74, 6) is 2.05. The molecule has 252 valence electrons. The maximum Gasteiger partial charge on any atom is 0.227 e. The molecule has 0 unspecified atom stereocenters. The number of hydrogen-bond acceptors (Lipinski definition) is 8. The molecule has 2 N–H and O–H groups in total. The molecule has 3 aromatic rings. The highest BCUT2D eigenvalue weighted by molar-refractivity contribution is 5.91. The molecular formula is C37H48N4O6. The zero-order chi connectivity index (χ0) is 33.2. The Kier molecular flexibility index (Phi) is 12.2. The lowest BCUT2D eigenvalue weighted by Crippen LogP contribution is -2.47. The number of morpholine rings is 1. The quantitative estimate of drug-likeness (QED) is 0.299. The summed E-state index contributed by atoms with van der Waals surface area (Å²) in [5, 5.41) is 13.0. The van der Waals surface area contributed by atoms with E-state index < -0.39 is 0 Å². The first-order chi connectivity index (χ1) is 22.8. The van der Waals surface area contributed by atoms with Crippen molar-refractivity contribution < 1.29 is 28.9 Å². The molecular weight excluding hydrogens is 596 g/mol. The first kappa shape index (κ1) is 34.4. The summed E-state index contributed by atoms with van der Waals surface area (Å²) in [6.45, 7) is 9.35. The molecule has 2 aliphatic heterocycles. The molecule has 10 nitrogen and oxygen atoms in total. The van der Waals surface area contributed by atoms with Crippen LogP contribution in [0.25, 0.3) is 0 Å². The minimum Gasteiger partial charge on any atom is -0.488 e. The number of para-hydroxylation sites is 1. The fourth-order valence-electron chi connectivity index (χ4n) is 6.00. The predicted molar refractivity (Wildman–Crippen MR) is 182 cm³/mol. The summed E-state index contributed by atoms with van der Waals surface area (Å²) in [5.41, 5.74) is 2.49. The van der Waals surface area contributed by atoms with Crippen molar-refractivity contribution in [2.24, 2.45) is 5.92 Å². The second-order valence-corrected chi connectivity index (χ2v) is 12.7. The summed E-state index contributed by atoms with van der Waals surface area (Å²) >= 11 is 0. The number of hydrogen-bond donors (Lipinski definition) is 2. The standard InChI is InChI=1S/C37H48N4O6/c1-27-23-41(28(2)26-42)37(44)22-30-21-31(38-36(43)15-16-40-17-19-45-20-18-40)11-14-34(30)47-35(27)25-39(3)24-29-9-12-33(13-10-29)46-32-7-5-4-6-8-32/h4-14,21,27-28,35,42H,15-20,22-26H2,1-3H3,(H,38,43)/t27-,28+,35-/m1/s1. The number of nitrogens with zero attached hydrogens (tertiary/aromatic N) is 3. The Morgan fingerprint density at radius 2 is 1.79 bits per heavy atom. The SMILES string of the molecule is C[C@@H]1CN([C@@H](C)CO)C(=O)Cc2cc(NC(=O)CCN3CCOCC3)ccc2O[C@@H]1CN(C)Cc1ccc(Oc2ccccc2)cc1. The van der Waals surface area contributed by atoms with Crippen molar-refractivity contribution in [2.45, 2.75) is 45.4 Å². The van der Waals surface area contributed by atoms with Gasteiger partial charge in [-0.3, -0.25) is 19.4 Å². The number of carbonyl (C=O) groups is 2. The summed E-state index contributed by atoms with van der Waals surface area (Å²) < 4.78 is 18.0. The summed E-state index contributed by atoms with van der Waals surface area (Å²) in [4.78, 5) is 32.6. The van der Waals surface area contributed by atoms with Crippen LogP contribution in [-0.2, 0) is 27.3 Å². The lowest BCUT2D eigenvalue weighted by molar-refractivity contribution is -0.134. The molecule has 1 fully saturated rings. The highest BCUT2D eigenvalue weighted by Gasteiger charge is 2.31. The maximum atomic E-state index is 13.6. The largest absolute Gasteiger partial charge is 0.488 e. The van der Waals surface area contributed by atoms with Gasteiger partial charge in [-0.2, -0.15) is 0 Å². The van der Waals surface area contributed by atoms with Gasteiger partial charge in [-0.1, -0.05) is 37.3 Å². The van der Waals surface area contributed by atoms with Crippen LogP contribution in [0.2, 0.25) is 0 Å². The van der Waals surface area contributed by atoms with Gasteiger partial charge in [-0.05, 0) is 62.0 Å². The van der Waals surface area contributed by atoms with Gasteiger partial charge in [0.2, 0.25) is 11.8 Å². The van der Waals surface area contributed by atoms with Crippen LogP contribution in [0.1, 0.15) is 31.4 Å². The van der Waals surface area contributed by atoms with E-state index in [0.717, 1.165) is 30.2 Å². The summed E-state index contributed by atoms with van der Waals surface area (Å²) in [7, 11) is 2.06. The van der Waals surface area contributed by atoms with Crippen molar-refractivity contribution in [3.63, 3.8) is 0 Å². The van der Waals surface area contributed by atoms with Crippen molar-refractivity contribution in [1.29, 1.82) is 0 Å². The van der Waals surface area contributed by atoms with Crippen LogP contribution in [-0.4, -0.2) is 103 Å². The molecule has 5 rings (SSSR count). The van der Waals surface area contributed by atoms with Gasteiger partial charge in [0.1, 0.15) is 23.4 Å². The lowest BCUT2D eigenvalue weighted by atomic mass is 10.0. The third kappa shape index (κ3) is 10.0. The lowest BCUT2D eigenvalue weighted by Gasteiger charge is -2.34. The molecule has 47 heavy (non-hydrogen) atoms. The van der Waals surface area contributed by atoms with E-state index in [-0.39, 0.29) is 42.9 Å². The number of amides is 2. The molecule has 0 radical (unpaired) electrons. The Balaban J connectivity index is 1.27. The van der Waals surface area contributed by atoms with Gasteiger partial charge in [-0.15, -0.1) is 0 Å². The summed E-state index contributed by atoms with van der Waals surface area (Å²) in [6, 6.07) is 23.0. The highest BCUT2D eigenvalue weighted by Crippen LogP contribution is 2.30. The first-order valence-corrected chi connectivity index (χ1v) is 16.6. The molecule has 10 heteroatoms. The number of benzene rings is 3. The zero-order valence-electron chi connectivity index (χ0n) is 27.8. The van der Waals surface area contributed by atoms with Crippen LogP contribution < -0.4 is 14.8 Å². The molecule has 0 aromatic heterocycles. The molecule has 2 aliphatic rings. The van der Waals surface area contributed by atoms with E-state index in [1.165, 1.54) is 0 Å². The monoisotopic (exact) mass is 644 g/mol. The molecule has 3 aromatic carbocycles. The number of fused-ring (bicyclic) bond motifs is 1. The van der Waals surface area contributed by atoms with Crippen LogP contribution in [0.4, 0.5) is 5.69 Å². The number of likely N-dealkylation sites (N-methyl/N-ethyl adjacent to an activating group) is 1. The van der Waals surface area contributed by atoms with Gasteiger partial charge in [0.15, 0.2) is 0 Å². The fraction of sp³-hybridized carbons (Fsp3) is 0.459. The topological polar surface area (TPSA) is 104 Å². The number of aliphatic hydroxyl groups is 1. The number of anilines is 1. The Bertz CT molecular complexity index is 1450. The maximum absolute atomic E-state index is 13.6. The van der Waals surface area contributed by atoms with E-state index in [1.54, 1.807) is 4.90 Å². The van der Waals surface area contributed by atoms with Crippen LogP contribution in [0.15, 0.2) is 72.8 Å². The molecule has 0 aliphatic carbocycles. The van der Waals surface area contributed by atoms with Gasteiger partial charge in [0, 0.05) is 62.9 Å². The molecule has 3 atom stereocenters. The van der Waals surface area contributed by atoms with Crippen LogP contribution in [0, 0.1) is 5.92 Å². The van der Waals surface area contributed by atoms with Crippen LogP contribution in [0.5, 0.6) is 17.2 Å². The van der Waals surface area contributed by atoms with E-state index in [2.05, 4.69) is 41.2 Å². The van der Waals surface area contributed by atoms with Gasteiger partial charge >= 0.3 is 0 Å². The summed E-state index contributed by atoms with van der Waals surface area (Å²) in [6.07, 6.45) is 0.264. The Hall–Kier alpha value is -3.96. The molecule has 0 bridgehead atoms. The molecule has 0 saturated carbocycles. The molecule has 1 saturated heterocycles. The van der Waals surface area contributed by atoms with Crippen molar-refractivity contribution >= 4 is 17.5 Å². The Labute approximate surface area is 278 Å². The van der Waals surface area contributed by atoms with Gasteiger partial charge in [0.25, 0.3) is 0 Å². The number of carbonyl (C=O) groups excluding carboxylic acids is 2. The molecule has 0 spiro atoms. The van der Waals surface area contributed by atoms with Crippen molar-refractivity contribution in [2.75, 3.05) is 64.9 Å². The zero-order valence-corrected chi connectivity index (χ0v) is 27.8. The van der Waals surface area contributed by atoms with E-state index in [4.69, 9.17) is 14.2 Å². The number of aliphatic hydroxyl groups excluding tert-OH is 1. The average molecular weight is 645 g/mol. The molecule has 2 amide bonds. The third-order valence-electron chi connectivity index (χ3n) is 8.81. The Morgan fingerprint density at radius 3 is 2.51 bits per heavy atom. The minimum atomic E-state index is -0.329. The van der Waals surface area contributed by atoms with Crippen LogP contribution in [0.3, 0.4) is 0 Å². The number of rotatable bonds is 12. The third-order valence-corrected chi connectivity index (χ3v) is 8.81. The van der Waals surface area contributed by atoms with Gasteiger partial charge in [-0.25, -0.2) is 0 Å². The van der Waals surface area contributed by atoms with Crippen molar-refractivity contribution in [1.82, 2.24) is 14.7 Å². The predicted octanol–water partition coefficient (Wildman–Crippen LogP) is 4.42.